The fourth-order valence-electron chi connectivity index (χ4n) is 4.54. The van der Waals surface area contributed by atoms with E-state index in [4.69, 9.17) is 16.6 Å². The fraction of sp³-hybridized carbons (Fsp3) is 0.360. The third-order valence-corrected chi connectivity index (χ3v) is 6.89. The molecule has 2 aliphatic carbocycles. The number of carbonyl (C=O) groups is 1. The van der Waals surface area contributed by atoms with Crippen LogP contribution in [0.5, 0.6) is 0 Å². The maximum absolute atomic E-state index is 12.7. The number of nitrogens with zero attached hydrogens (tertiary/aromatic N) is 5. The van der Waals surface area contributed by atoms with Crippen LogP contribution in [0.25, 0.3) is 5.65 Å². The Morgan fingerprint density at radius 3 is 2.88 bits per heavy atom. The summed E-state index contributed by atoms with van der Waals surface area (Å²) in [7, 11) is 0. The zero-order valence-corrected chi connectivity index (χ0v) is 19.1. The van der Waals surface area contributed by atoms with Gasteiger partial charge >= 0.3 is 0 Å². The molecule has 33 heavy (non-hydrogen) atoms. The molecule has 0 aliphatic heterocycles. The molecule has 0 bridgehead atoms. The van der Waals surface area contributed by atoms with E-state index in [1.165, 1.54) is 18.4 Å². The highest BCUT2D eigenvalue weighted by atomic mass is 35.5. The minimum Gasteiger partial charge on any atom is -0.348 e. The zero-order chi connectivity index (χ0) is 22.5. The molecule has 0 radical (unpaired) electrons. The summed E-state index contributed by atoms with van der Waals surface area (Å²) in [6.45, 7) is 2.47. The summed E-state index contributed by atoms with van der Waals surface area (Å²) in [5, 5.41) is 12.3. The molecule has 0 saturated heterocycles. The minimum absolute atomic E-state index is 0.0144. The first kappa shape index (κ1) is 20.4. The normalized spacial score (nSPS) is 20.7. The van der Waals surface area contributed by atoms with Crippen LogP contribution < -0.4 is 5.32 Å². The van der Waals surface area contributed by atoms with Gasteiger partial charge in [-0.1, -0.05) is 35.0 Å². The number of benzene rings is 1. The Balaban J connectivity index is 1.08. The van der Waals surface area contributed by atoms with Gasteiger partial charge in [-0.3, -0.25) is 4.79 Å². The zero-order valence-electron chi connectivity index (χ0n) is 18.4. The van der Waals surface area contributed by atoms with Gasteiger partial charge in [0.05, 0.1) is 24.5 Å². The van der Waals surface area contributed by atoms with Crippen molar-refractivity contribution in [1.29, 1.82) is 0 Å². The summed E-state index contributed by atoms with van der Waals surface area (Å²) in [4.78, 5) is 17.4. The minimum atomic E-state index is -0.214. The van der Waals surface area contributed by atoms with Crippen LogP contribution in [-0.4, -0.2) is 30.3 Å². The molecule has 6 rings (SSSR count). The van der Waals surface area contributed by atoms with Crippen LogP contribution in [0.1, 0.15) is 66.6 Å². The maximum atomic E-state index is 12.7. The van der Waals surface area contributed by atoms with Crippen molar-refractivity contribution < 1.29 is 4.79 Å². The van der Waals surface area contributed by atoms with Crippen LogP contribution in [0, 0.1) is 5.92 Å². The van der Waals surface area contributed by atoms with Crippen LogP contribution in [-0.2, 0) is 11.3 Å². The van der Waals surface area contributed by atoms with Gasteiger partial charge in [0.15, 0.2) is 0 Å². The summed E-state index contributed by atoms with van der Waals surface area (Å²) >= 11 is 6.09. The van der Waals surface area contributed by atoms with Crippen LogP contribution in [0.2, 0.25) is 5.02 Å². The molecular formula is C25H25ClN6O. The van der Waals surface area contributed by atoms with Gasteiger partial charge in [0.25, 0.3) is 0 Å². The van der Waals surface area contributed by atoms with Gasteiger partial charge in [-0.2, -0.15) is 0 Å². The van der Waals surface area contributed by atoms with E-state index >= 15 is 0 Å². The lowest BCUT2D eigenvalue weighted by Crippen LogP contribution is -2.28. The Hall–Kier alpha value is -3.19. The summed E-state index contributed by atoms with van der Waals surface area (Å²) in [5.74, 6) is 0.988. The SMILES string of the molecule is CC(NC(=O)[C@H]1C[C@@H]1c1cccc(Cl)c1)c1cn(Cc2cn3cc(C4CC4)ccc3n2)nn1. The second kappa shape index (κ2) is 7.99. The molecule has 3 atom stereocenters. The molecule has 0 spiro atoms. The highest BCUT2D eigenvalue weighted by molar-refractivity contribution is 6.30. The second-order valence-electron chi connectivity index (χ2n) is 9.31. The Morgan fingerprint density at radius 2 is 2.06 bits per heavy atom. The molecule has 1 unspecified atom stereocenters. The average molecular weight is 461 g/mol. The number of amides is 1. The summed E-state index contributed by atoms with van der Waals surface area (Å²) in [5.41, 5.74) is 5.11. The molecule has 2 aliphatic rings. The molecule has 7 nitrogen and oxygen atoms in total. The predicted octanol–water partition coefficient (Wildman–Crippen LogP) is 4.49. The van der Waals surface area contributed by atoms with E-state index < -0.39 is 0 Å². The lowest BCUT2D eigenvalue weighted by Gasteiger charge is -2.11. The fourth-order valence-corrected chi connectivity index (χ4v) is 4.73. The van der Waals surface area contributed by atoms with Crippen LogP contribution in [0.15, 0.2) is 55.0 Å². The van der Waals surface area contributed by atoms with Crippen molar-refractivity contribution in [2.24, 2.45) is 5.92 Å². The van der Waals surface area contributed by atoms with Crippen molar-refractivity contribution in [3.05, 3.63) is 82.5 Å². The number of carbonyl (C=O) groups excluding carboxylic acids is 1. The van der Waals surface area contributed by atoms with Crippen molar-refractivity contribution >= 4 is 23.2 Å². The first-order valence-electron chi connectivity index (χ1n) is 11.5. The highest BCUT2D eigenvalue weighted by Crippen LogP contribution is 2.48. The topological polar surface area (TPSA) is 77.1 Å². The number of hydrogen-bond acceptors (Lipinski definition) is 4. The number of halogens is 1. The van der Waals surface area contributed by atoms with E-state index in [0.29, 0.717) is 17.5 Å². The molecule has 3 heterocycles. The molecule has 4 aromatic rings. The third-order valence-electron chi connectivity index (χ3n) is 6.66. The molecular weight excluding hydrogens is 436 g/mol. The number of imidazole rings is 1. The van der Waals surface area contributed by atoms with Crippen LogP contribution in [0.3, 0.4) is 0 Å². The molecule has 1 aromatic carbocycles. The molecule has 1 amide bonds. The van der Waals surface area contributed by atoms with E-state index in [1.807, 2.05) is 37.4 Å². The summed E-state index contributed by atoms with van der Waals surface area (Å²) in [6.07, 6.45) is 9.53. The van der Waals surface area contributed by atoms with E-state index in [-0.39, 0.29) is 23.8 Å². The number of fused-ring (bicyclic) bond motifs is 1. The van der Waals surface area contributed by atoms with Crippen LogP contribution >= 0.6 is 11.6 Å². The van der Waals surface area contributed by atoms with E-state index in [1.54, 1.807) is 4.68 Å². The molecule has 2 fully saturated rings. The first-order valence-corrected chi connectivity index (χ1v) is 11.8. The van der Waals surface area contributed by atoms with Gasteiger partial charge in [-0.25, -0.2) is 9.67 Å². The monoisotopic (exact) mass is 460 g/mol. The molecule has 8 heteroatoms. The number of nitrogens with one attached hydrogen (secondary N) is 1. The molecule has 168 valence electrons. The van der Waals surface area contributed by atoms with Gasteiger partial charge in [-0.15, -0.1) is 5.10 Å². The number of aromatic nitrogens is 5. The molecule has 1 N–H and O–H groups in total. The Kier molecular flexibility index (Phi) is 4.94. The van der Waals surface area contributed by atoms with Crippen molar-refractivity contribution in [2.45, 2.75) is 50.6 Å². The largest absolute Gasteiger partial charge is 0.348 e. The lowest BCUT2D eigenvalue weighted by molar-refractivity contribution is -0.123. The highest BCUT2D eigenvalue weighted by Gasteiger charge is 2.44. The van der Waals surface area contributed by atoms with Crippen molar-refractivity contribution in [2.75, 3.05) is 0 Å². The van der Waals surface area contributed by atoms with E-state index in [9.17, 15) is 4.79 Å². The lowest BCUT2D eigenvalue weighted by atomic mass is 10.1. The second-order valence-corrected chi connectivity index (χ2v) is 9.75. The quantitative estimate of drug-likeness (QED) is 0.441. The van der Waals surface area contributed by atoms with Crippen molar-refractivity contribution in [3.63, 3.8) is 0 Å². The van der Waals surface area contributed by atoms with Crippen molar-refractivity contribution in [3.8, 4) is 0 Å². The van der Waals surface area contributed by atoms with Gasteiger partial charge in [0.2, 0.25) is 5.91 Å². The Morgan fingerprint density at radius 1 is 1.18 bits per heavy atom. The van der Waals surface area contributed by atoms with E-state index in [0.717, 1.165) is 29.0 Å². The molecule has 3 aromatic heterocycles. The average Bonchev–Trinajstić information content (AvgIpc) is 3.71. The first-order chi connectivity index (χ1) is 16.0. The standard InChI is InChI=1S/C25H25ClN6O/c1-15(27-25(33)22-10-21(22)17-3-2-4-19(26)9-17)23-14-32(30-29-23)13-20-12-31-11-18(16-5-6-16)7-8-24(31)28-20/h2-4,7-9,11-12,14-16,21-22H,5-6,10,13H2,1H3,(H,27,33)/t15?,21-,22+/m1/s1. The third kappa shape index (κ3) is 4.25. The van der Waals surface area contributed by atoms with Gasteiger partial charge in [0.1, 0.15) is 11.3 Å². The Labute approximate surface area is 196 Å². The smallest absolute Gasteiger partial charge is 0.224 e. The van der Waals surface area contributed by atoms with E-state index in [2.05, 4.69) is 44.6 Å². The summed E-state index contributed by atoms with van der Waals surface area (Å²) < 4.78 is 3.86. The number of rotatable bonds is 7. The number of hydrogen-bond donors (Lipinski definition) is 1. The summed E-state index contributed by atoms with van der Waals surface area (Å²) in [6, 6.07) is 11.8. The Bertz CT molecular complexity index is 1340. The molecule has 2 saturated carbocycles. The van der Waals surface area contributed by atoms with Crippen molar-refractivity contribution in [1.82, 2.24) is 29.7 Å². The van der Waals surface area contributed by atoms with Crippen LogP contribution in [0.4, 0.5) is 0 Å². The number of pyridine rings is 1. The van der Waals surface area contributed by atoms with Gasteiger partial charge < -0.3 is 9.72 Å². The van der Waals surface area contributed by atoms with Gasteiger partial charge in [-0.05, 0) is 67.3 Å². The maximum Gasteiger partial charge on any atom is 0.224 e. The van der Waals surface area contributed by atoms with Gasteiger partial charge in [0, 0.05) is 23.3 Å². The predicted molar refractivity (Wildman–Crippen MR) is 125 cm³/mol.